The first-order chi connectivity index (χ1) is 13.5. The Bertz CT molecular complexity index is 553. The van der Waals surface area contributed by atoms with E-state index >= 15 is 0 Å². The molecule has 0 aliphatic carbocycles. The highest BCUT2D eigenvalue weighted by atomic mass is 16.4. The number of nitrogens with two attached hydrogens (primary N) is 2. The molecule has 3 unspecified atom stereocenters. The first-order valence-corrected chi connectivity index (χ1v) is 10.0. The molecule has 0 bridgehead atoms. The van der Waals surface area contributed by atoms with Crippen LogP contribution in [0.15, 0.2) is 0 Å². The Morgan fingerprint density at radius 3 is 2.03 bits per heavy atom. The smallest absolute Gasteiger partial charge is 0.322 e. The molecular formula is C19H37N5O5. The molecule has 0 aliphatic heterocycles. The number of aliphatic carboxylic acids is 1. The predicted molar refractivity (Wildman–Crippen MR) is 110 cm³/mol. The van der Waals surface area contributed by atoms with E-state index in [9.17, 15) is 19.2 Å². The van der Waals surface area contributed by atoms with Gasteiger partial charge < -0.3 is 32.5 Å². The molecule has 0 aliphatic rings. The van der Waals surface area contributed by atoms with Gasteiger partial charge in [0.15, 0.2) is 0 Å². The molecule has 0 rings (SSSR count). The van der Waals surface area contributed by atoms with Gasteiger partial charge in [-0.05, 0) is 44.1 Å². The number of carbonyl (C=O) groups excluding carboxylic acids is 3. The summed E-state index contributed by atoms with van der Waals surface area (Å²) in [4.78, 5) is 48.1. The number of unbranched alkanes of at least 4 members (excludes halogenated alkanes) is 1. The monoisotopic (exact) mass is 415 g/mol. The fourth-order valence-electron chi connectivity index (χ4n) is 2.72. The second kappa shape index (κ2) is 13.9. The van der Waals surface area contributed by atoms with Crippen LogP contribution in [0.2, 0.25) is 0 Å². The summed E-state index contributed by atoms with van der Waals surface area (Å²) in [5.74, 6) is -2.78. The first-order valence-electron chi connectivity index (χ1n) is 10.0. The predicted octanol–water partition coefficient (Wildman–Crippen LogP) is -0.685. The highest BCUT2D eigenvalue weighted by molar-refractivity contribution is 5.93. The van der Waals surface area contributed by atoms with Gasteiger partial charge in [-0.15, -0.1) is 0 Å². The molecule has 0 aromatic rings. The minimum atomic E-state index is -1.18. The number of rotatable bonds is 14. The average molecular weight is 416 g/mol. The van der Waals surface area contributed by atoms with E-state index in [0.717, 1.165) is 0 Å². The van der Waals surface area contributed by atoms with Crippen molar-refractivity contribution < 1.29 is 24.3 Å². The van der Waals surface area contributed by atoms with Gasteiger partial charge in [0.05, 0.1) is 6.04 Å². The average Bonchev–Trinajstić information content (AvgIpc) is 2.62. The minimum Gasteiger partial charge on any atom is -0.480 e. The third-order valence-corrected chi connectivity index (χ3v) is 4.30. The molecule has 0 aromatic carbocycles. The zero-order chi connectivity index (χ0) is 22.6. The summed E-state index contributed by atoms with van der Waals surface area (Å²) in [6.45, 7) is 7.26. The van der Waals surface area contributed by atoms with Crippen LogP contribution in [-0.4, -0.2) is 60.0 Å². The topological polar surface area (TPSA) is 177 Å². The van der Waals surface area contributed by atoms with Crippen LogP contribution in [0.25, 0.3) is 0 Å². The number of carbonyl (C=O) groups is 4. The zero-order valence-corrected chi connectivity index (χ0v) is 17.9. The maximum absolute atomic E-state index is 12.8. The molecular weight excluding hydrogens is 378 g/mol. The molecule has 0 heterocycles. The van der Waals surface area contributed by atoms with Crippen molar-refractivity contribution in [1.82, 2.24) is 16.0 Å². The lowest BCUT2D eigenvalue weighted by atomic mass is 10.0. The van der Waals surface area contributed by atoms with Crippen LogP contribution < -0.4 is 27.4 Å². The van der Waals surface area contributed by atoms with Crippen molar-refractivity contribution in [3.8, 4) is 0 Å². The Hall–Kier alpha value is -2.20. The summed E-state index contributed by atoms with van der Waals surface area (Å²) >= 11 is 0. The van der Waals surface area contributed by atoms with E-state index in [1.165, 1.54) is 0 Å². The van der Waals surface area contributed by atoms with E-state index in [0.29, 0.717) is 32.2 Å². The van der Waals surface area contributed by atoms with Crippen molar-refractivity contribution in [1.29, 1.82) is 0 Å². The van der Waals surface area contributed by atoms with Crippen LogP contribution in [-0.2, 0) is 19.2 Å². The van der Waals surface area contributed by atoms with Gasteiger partial charge in [0.2, 0.25) is 17.7 Å². The molecule has 0 saturated heterocycles. The molecule has 0 radical (unpaired) electrons. The van der Waals surface area contributed by atoms with Crippen LogP contribution in [0.4, 0.5) is 0 Å². The SMILES string of the molecule is CC(C)CC(N)C(=O)NC(CCCCN)C(=O)NC(C(=O)NCC(=O)O)C(C)C. The van der Waals surface area contributed by atoms with Crippen LogP contribution >= 0.6 is 0 Å². The van der Waals surface area contributed by atoms with Crippen molar-refractivity contribution in [3.63, 3.8) is 0 Å². The highest BCUT2D eigenvalue weighted by Crippen LogP contribution is 2.08. The summed E-state index contributed by atoms with van der Waals surface area (Å²) in [7, 11) is 0. The lowest BCUT2D eigenvalue weighted by Gasteiger charge is -2.26. The number of hydrogen-bond acceptors (Lipinski definition) is 6. The molecule has 10 heteroatoms. The molecule has 29 heavy (non-hydrogen) atoms. The standard InChI is InChI=1S/C19H37N5O5/c1-11(2)9-13(21)17(27)23-14(7-5-6-8-20)18(28)24-16(12(3)4)19(29)22-10-15(25)26/h11-14,16H,5-10,20-21H2,1-4H3,(H,22,29)(H,23,27)(H,24,28)(H,25,26). The highest BCUT2D eigenvalue weighted by Gasteiger charge is 2.29. The maximum atomic E-state index is 12.8. The quantitative estimate of drug-likeness (QED) is 0.203. The van der Waals surface area contributed by atoms with Crippen molar-refractivity contribution >= 4 is 23.7 Å². The van der Waals surface area contributed by atoms with E-state index in [1.807, 2.05) is 13.8 Å². The van der Waals surface area contributed by atoms with Crippen LogP contribution in [0.5, 0.6) is 0 Å². The van der Waals surface area contributed by atoms with Gasteiger partial charge in [-0.2, -0.15) is 0 Å². The van der Waals surface area contributed by atoms with Crippen LogP contribution in [0, 0.1) is 11.8 Å². The molecule has 0 fully saturated rings. The van der Waals surface area contributed by atoms with Crippen LogP contribution in [0.3, 0.4) is 0 Å². The molecule has 3 atom stereocenters. The van der Waals surface area contributed by atoms with Gasteiger partial charge in [0, 0.05) is 0 Å². The molecule has 168 valence electrons. The van der Waals surface area contributed by atoms with E-state index in [-0.39, 0.29) is 11.8 Å². The number of amides is 3. The lowest BCUT2D eigenvalue weighted by molar-refractivity contribution is -0.139. The Kier molecular flexibility index (Phi) is 12.8. The van der Waals surface area contributed by atoms with E-state index in [4.69, 9.17) is 16.6 Å². The number of hydrogen-bond donors (Lipinski definition) is 6. The maximum Gasteiger partial charge on any atom is 0.322 e. The molecule has 3 amide bonds. The number of carboxylic acid groups (broad SMARTS) is 1. The summed E-state index contributed by atoms with van der Waals surface area (Å²) < 4.78 is 0. The van der Waals surface area contributed by atoms with Crippen molar-refractivity contribution in [2.24, 2.45) is 23.3 Å². The van der Waals surface area contributed by atoms with Gasteiger partial charge in [0.25, 0.3) is 0 Å². The van der Waals surface area contributed by atoms with Gasteiger partial charge >= 0.3 is 5.97 Å². The van der Waals surface area contributed by atoms with E-state index < -0.39 is 48.4 Å². The summed E-state index contributed by atoms with van der Waals surface area (Å²) in [5.41, 5.74) is 11.4. The van der Waals surface area contributed by atoms with Gasteiger partial charge in [-0.25, -0.2) is 0 Å². The second-order valence-corrected chi connectivity index (χ2v) is 7.92. The summed E-state index contributed by atoms with van der Waals surface area (Å²) in [6, 6.07) is -2.53. The summed E-state index contributed by atoms with van der Waals surface area (Å²) in [6.07, 6.45) is 2.14. The summed E-state index contributed by atoms with van der Waals surface area (Å²) in [5, 5.41) is 16.3. The normalized spacial score (nSPS) is 14.2. The third-order valence-electron chi connectivity index (χ3n) is 4.30. The first kappa shape index (κ1) is 26.8. The second-order valence-electron chi connectivity index (χ2n) is 7.92. The van der Waals surface area contributed by atoms with Crippen molar-refractivity contribution in [2.45, 2.75) is 71.5 Å². The van der Waals surface area contributed by atoms with Crippen molar-refractivity contribution in [2.75, 3.05) is 13.1 Å². The number of carboxylic acids is 1. The van der Waals surface area contributed by atoms with Crippen LogP contribution in [0.1, 0.15) is 53.4 Å². The fraction of sp³-hybridized carbons (Fsp3) is 0.789. The Labute approximate surface area is 172 Å². The fourth-order valence-corrected chi connectivity index (χ4v) is 2.72. The molecule has 0 spiro atoms. The Morgan fingerprint density at radius 2 is 1.55 bits per heavy atom. The minimum absolute atomic E-state index is 0.225. The molecule has 0 aromatic heterocycles. The Balaban J connectivity index is 5.16. The lowest BCUT2D eigenvalue weighted by Crippen LogP contribution is -2.57. The third kappa shape index (κ3) is 11.4. The largest absolute Gasteiger partial charge is 0.480 e. The zero-order valence-electron chi connectivity index (χ0n) is 17.9. The van der Waals surface area contributed by atoms with E-state index in [1.54, 1.807) is 13.8 Å². The Morgan fingerprint density at radius 1 is 0.931 bits per heavy atom. The van der Waals surface area contributed by atoms with Gasteiger partial charge in [-0.1, -0.05) is 27.7 Å². The van der Waals surface area contributed by atoms with Gasteiger partial charge in [-0.3, -0.25) is 19.2 Å². The molecule has 10 nitrogen and oxygen atoms in total. The molecule has 0 saturated carbocycles. The number of nitrogens with one attached hydrogen (secondary N) is 3. The van der Waals surface area contributed by atoms with Gasteiger partial charge in [0.1, 0.15) is 18.6 Å². The van der Waals surface area contributed by atoms with Crippen molar-refractivity contribution in [3.05, 3.63) is 0 Å². The van der Waals surface area contributed by atoms with E-state index in [2.05, 4.69) is 16.0 Å². The molecule has 8 N–H and O–H groups in total.